The van der Waals surface area contributed by atoms with Crippen molar-refractivity contribution in [3.63, 3.8) is 0 Å². The van der Waals surface area contributed by atoms with Gasteiger partial charge in [0.2, 0.25) is 0 Å². The summed E-state index contributed by atoms with van der Waals surface area (Å²) in [6, 6.07) is 15.5. The molecular formula is C20H19FOSe. The van der Waals surface area contributed by atoms with Crippen LogP contribution in [0.3, 0.4) is 0 Å². The van der Waals surface area contributed by atoms with Gasteiger partial charge in [0.15, 0.2) is 0 Å². The Kier molecular flexibility index (Phi) is 4.70. The van der Waals surface area contributed by atoms with E-state index >= 15 is 0 Å². The van der Waals surface area contributed by atoms with Crippen molar-refractivity contribution in [2.45, 2.75) is 20.3 Å². The van der Waals surface area contributed by atoms with E-state index in [4.69, 9.17) is 4.74 Å². The number of methoxy groups -OCH3 is 1. The van der Waals surface area contributed by atoms with E-state index in [0.29, 0.717) is 14.5 Å². The molecule has 0 aliphatic carbocycles. The Morgan fingerprint density at radius 3 is 2.39 bits per heavy atom. The number of halogens is 1. The van der Waals surface area contributed by atoms with E-state index in [1.807, 2.05) is 12.1 Å². The van der Waals surface area contributed by atoms with Crippen molar-refractivity contribution in [3.8, 4) is 15.8 Å². The summed E-state index contributed by atoms with van der Waals surface area (Å²) in [6.45, 7) is 4.21. The Bertz CT molecular complexity index is 818. The Labute approximate surface area is 142 Å². The predicted octanol–water partition coefficient (Wildman–Crippen LogP) is 4.77. The number of benzene rings is 2. The standard InChI is InChI=1S/C20H19FOSe/c1-13-11-19(22-3)14(2)10-16(13)12-18-8-9-20(23-18)15-4-6-17(21)7-5-15/h4-11H,12H2,1-3H3. The summed E-state index contributed by atoms with van der Waals surface area (Å²) in [4.78, 5) is 0. The van der Waals surface area contributed by atoms with Gasteiger partial charge in [-0.05, 0) is 0 Å². The van der Waals surface area contributed by atoms with Gasteiger partial charge in [-0.2, -0.15) is 0 Å². The van der Waals surface area contributed by atoms with Crippen molar-refractivity contribution in [1.82, 2.24) is 0 Å². The molecule has 1 aromatic heterocycles. The van der Waals surface area contributed by atoms with Gasteiger partial charge in [0.25, 0.3) is 0 Å². The molecule has 0 fully saturated rings. The van der Waals surface area contributed by atoms with Gasteiger partial charge in [0, 0.05) is 0 Å². The number of hydrogen-bond acceptors (Lipinski definition) is 1. The van der Waals surface area contributed by atoms with Gasteiger partial charge in [-0.1, -0.05) is 0 Å². The van der Waals surface area contributed by atoms with Gasteiger partial charge < -0.3 is 0 Å². The maximum absolute atomic E-state index is 13.0. The minimum atomic E-state index is -0.183. The van der Waals surface area contributed by atoms with Crippen LogP contribution in [0, 0.1) is 19.7 Å². The van der Waals surface area contributed by atoms with E-state index in [0.717, 1.165) is 17.7 Å². The van der Waals surface area contributed by atoms with Gasteiger partial charge in [0.1, 0.15) is 0 Å². The topological polar surface area (TPSA) is 9.23 Å². The molecule has 1 nitrogen and oxygen atoms in total. The summed E-state index contributed by atoms with van der Waals surface area (Å²) in [6.07, 6.45) is 0.970. The van der Waals surface area contributed by atoms with E-state index in [1.165, 1.54) is 37.7 Å². The molecule has 0 aliphatic rings. The fourth-order valence-corrected chi connectivity index (χ4v) is 4.86. The first kappa shape index (κ1) is 16.0. The molecule has 0 atom stereocenters. The molecular weight excluding hydrogens is 354 g/mol. The molecule has 23 heavy (non-hydrogen) atoms. The number of rotatable bonds is 4. The zero-order valence-corrected chi connectivity index (χ0v) is 15.2. The van der Waals surface area contributed by atoms with Crippen molar-refractivity contribution >= 4 is 14.5 Å². The average Bonchev–Trinajstić information content (AvgIpc) is 3.00. The molecule has 3 heteroatoms. The molecule has 0 saturated heterocycles. The van der Waals surface area contributed by atoms with Gasteiger partial charge in [-0.15, -0.1) is 0 Å². The molecule has 0 aliphatic heterocycles. The van der Waals surface area contributed by atoms with Crippen LogP contribution in [0.25, 0.3) is 10.0 Å². The summed E-state index contributed by atoms with van der Waals surface area (Å²) < 4.78 is 21.2. The van der Waals surface area contributed by atoms with Crippen molar-refractivity contribution in [2.75, 3.05) is 7.11 Å². The van der Waals surface area contributed by atoms with Gasteiger partial charge in [-0.3, -0.25) is 0 Å². The first-order valence-electron chi connectivity index (χ1n) is 7.55. The maximum atomic E-state index is 13.0. The summed E-state index contributed by atoms with van der Waals surface area (Å²) in [5.74, 6) is 0.764. The summed E-state index contributed by atoms with van der Waals surface area (Å²) >= 11 is 0.304. The molecule has 0 spiro atoms. The molecule has 3 rings (SSSR count). The number of aryl methyl sites for hydroxylation is 2. The summed E-state index contributed by atoms with van der Waals surface area (Å²) in [5.41, 5.74) is 4.91. The van der Waals surface area contributed by atoms with Crippen molar-refractivity contribution < 1.29 is 9.13 Å². The second-order valence-electron chi connectivity index (χ2n) is 5.70. The van der Waals surface area contributed by atoms with Gasteiger partial charge >= 0.3 is 142 Å². The van der Waals surface area contributed by atoms with Gasteiger partial charge in [0.05, 0.1) is 0 Å². The van der Waals surface area contributed by atoms with Crippen molar-refractivity contribution in [1.29, 1.82) is 0 Å². The van der Waals surface area contributed by atoms with Crippen LogP contribution in [0.2, 0.25) is 0 Å². The third-order valence-electron chi connectivity index (χ3n) is 4.01. The molecule has 118 valence electrons. The Morgan fingerprint density at radius 1 is 0.957 bits per heavy atom. The van der Waals surface area contributed by atoms with E-state index in [2.05, 4.69) is 38.1 Å². The quantitative estimate of drug-likeness (QED) is 0.599. The Hall–Kier alpha value is -1.83. The molecule has 0 saturated carbocycles. The molecule has 0 radical (unpaired) electrons. The average molecular weight is 373 g/mol. The Balaban J connectivity index is 1.84. The first-order chi connectivity index (χ1) is 11.1. The molecule has 3 aromatic rings. The predicted molar refractivity (Wildman–Crippen MR) is 94.1 cm³/mol. The minimum absolute atomic E-state index is 0.183. The molecule has 0 N–H and O–H groups in total. The SMILES string of the molecule is COc1cc(C)c(Cc2ccc(-c3ccc(F)cc3)[se]2)cc1C. The van der Waals surface area contributed by atoms with E-state index in [9.17, 15) is 4.39 Å². The van der Waals surface area contributed by atoms with Gasteiger partial charge in [-0.25, -0.2) is 0 Å². The zero-order chi connectivity index (χ0) is 16.4. The second-order valence-corrected chi connectivity index (χ2v) is 8.15. The van der Waals surface area contributed by atoms with Crippen LogP contribution in [-0.2, 0) is 6.42 Å². The van der Waals surface area contributed by atoms with Crippen LogP contribution < -0.4 is 4.74 Å². The number of hydrogen-bond donors (Lipinski definition) is 0. The monoisotopic (exact) mass is 374 g/mol. The Morgan fingerprint density at radius 2 is 1.70 bits per heavy atom. The van der Waals surface area contributed by atoms with E-state index in [-0.39, 0.29) is 5.82 Å². The van der Waals surface area contributed by atoms with E-state index in [1.54, 1.807) is 7.11 Å². The third kappa shape index (κ3) is 3.57. The molecule has 0 unspecified atom stereocenters. The van der Waals surface area contributed by atoms with Crippen LogP contribution >= 0.6 is 0 Å². The normalized spacial score (nSPS) is 10.8. The summed E-state index contributed by atoms with van der Waals surface area (Å²) in [5, 5.41) is 0. The fraction of sp³-hybridized carbons (Fsp3) is 0.200. The molecule has 0 bridgehead atoms. The molecule has 0 amide bonds. The van der Waals surface area contributed by atoms with Crippen molar-refractivity contribution in [3.05, 3.63) is 75.5 Å². The van der Waals surface area contributed by atoms with Crippen LogP contribution in [0.1, 0.15) is 21.1 Å². The van der Waals surface area contributed by atoms with Crippen LogP contribution in [0.4, 0.5) is 4.39 Å². The fourth-order valence-electron chi connectivity index (χ4n) is 2.69. The molecule has 2 aromatic carbocycles. The van der Waals surface area contributed by atoms with Crippen molar-refractivity contribution in [2.24, 2.45) is 0 Å². The molecule has 1 heterocycles. The van der Waals surface area contributed by atoms with E-state index < -0.39 is 0 Å². The third-order valence-corrected chi connectivity index (χ3v) is 6.39. The second kappa shape index (κ2) is 6.74. The van der Waals surface area contributed by atoms with Crippen LogP contribution in [-0.4, -0.2) is 21.6 Å². The zero-order valence-electron chi connectivity index (χ0n) is 13.5. The van der Waals surface area contributed by atoms with Crippen LogP contribution in [0.5, 0.6) is 5.75 Å². The van der Waals surface area contributed by atoms with Crippen LogP contribution in [0.15, 0.2) is 48.5 Å². The summed E-state index contributed by atoms with van der Waals surface area (Å²) in [7, 11) is 1.71. The first-order valence-corrected chi connectivity index (χ1v) is 9.27. The number of ether oxygens (including phenoxy) is 1.